The van der Waals surface area contributed by atoms with E-state index in [1.165, 1.54) is 5.56 Å². The Balaban J connectivity index is 1.67. The van der Waals surface area contributed by atoms with Crippen molar-refractivity contribution in [3.05, 3.63) is 86.8 Å². The minimum Gasteiger partial charge on any atom is -0.488 e. The second-order valence-electron chi connectivity index (χ2n) is 8.59. The molecule has 4 N–H and O–H groups in total. The maximum Gasteiger partial charge on any atom is 0.267 e. The van der Waals surface area contributed by atoms with Crippen molar-refractivity contribution < 1.29 is 9.53 Å². The molecule has 3 aromatic rings. The molecule has 4 rings (SSSR count). The third-order valence-corrected chi connectivity index (χ3v) is 5.74. The lowest BCUT2D eigenvalue weighted by Crippen LogP contribution is -2.32. The van der Waals surface area contributed by atoms with Gasteiger partial charge >= 0.3 is 0 Å². The van der Waals surface area contributed by atoms with Crippen molar-refractivity contribution in [1.29, 1.82) is 0 Å². The Labute approximate surface area is 175 Å². The van der Waals surface area contributed by atoms with Gasteiger partial charge in [0.25, 0.3) is 5.56 Å². The summed E-state index contributed by atoms with van der Waals surface area (Å²) in [6.45, 7) is 4.20. The molecule has 6 heteroatoms. The van der Waals surface area contributed by atoms with Gasteiger partial charge in [0.15, 0.2) is 0 Å². The van der Waals surface area contributed by atoms with E-state index < -0.39 is 11.8 Å². The summed E-state index contributed by atoms with van der Waals surface area (Å²) in [5, 5.41) is 5.71. The van der Waals surface area contributed by atoms with Gasteiger partial charge in [0, 0.05) is 30.0 Å². The molecule has 0 saturated heterocycles. The van der Waals surface area contributed by atoms with Crippen LogP contribution in [-0.2, 0) is 17.6 Å². The van der Waals surface area contributed by atoms with Crippen molar-refractivity contribution in [2.24, 2.45) is 5.73 Å². The summed E-state index contributed by atoms with van der Waals surface area (Å²) in [6.07, 6.45) is 2.54. The normalized spacial score (nSPS) is 15.8. The summed E-state index contributed by atoms with van der Waals surface area (Å²) in [4.78, 5) is 24.4. The summed E-state index contributed by atoms with van der Waals surface area (Å²) >= 11 is 0. The Bertz CT molecular complexity index is 1110. The van der Waals surface area contributed by atoms with Crippen LogP contribution < -0.4 is 16.0 Å². The molecule has 0 saturated carbocycles. The van der Waals surface area contributed by atoms with Crippen LogP contribution in [-0.4, -0.2) is 21.7 Å². The average molecular weight is 405 g/mol. The molecule has 1 aromatic heterocycles. The Morgan fingerprint density at radius 3 is 2.67 bits per heavy atom. The maximum absolute atomic E-state index is 12.7. The molecule has 0 spiro atoms. The highest BCUT2D eigenvalue weighted by Gasteiger charge is 2.27. The second-order valence-corrected chi connectivity index (χ2v) is 8.59. The number of nitrogens with two attached hydrogens (primary N) is 1. The first-order valence-corrected chi connectivity index (χ1v) is 10.3. The van der Waals surface area contributed by atoms with Crippen LogP contribution in [0.3, 0.4) is 0 Å². The minimum atomic E-state index is -0.441. The fourth-order valence-electron chi connectivity index (χ4n) is 4.21. The maximum atomic E-state index is 12.7. The number of ether oxygens (including phenoxy) is 1. The molecule has 0 radical (unpaired) electrons. The smallest absolute Gasteiger partial charge is 0.267 e. The van der Waals surface area contributed by atoms with Crippen LogP contribution in [0.15, 0.2) is 53.3 Å². The molecule has 1 aliphatic rings. The van der Waals surface area contributed by atoms with Crippen LogP contribution in [0.5, 0.6) is 5.75 Å². The summed E-state index contributed by atoms with van der Waals surface area (Å²) in [5.41, 5.74) is 9.64. The summed E-state index contributed by atoms with van der Waals surface area (Å²) < 4.78 is 6.08. The van der Waals surface area contributed by atoms with E-state index in [2.05, 4.69) is 30.1 Å². The highest BCUT2D eigenvalue weighted by molar-refractivity contribution is 5.75. The van der Waals surface area contributed by atoms with Crippen molar-refractivity contribution in [2.45, 2.75) is 51.0 Å². The van der Waals surface area contributed by atoms with E-state index in [-0.39, 0.29) is 17.6 Å². The SMILES string of the molecule is CC1(C)CCc2cc(Cc3[nH][nH]c(=O)c3[C@H](CC(N)=O)c3ccccc3)ccc2O1. The zero-order valence-corrected chi connectivity index (χ0v) is 17.3. The number of fused-ring (bicyclic) bond motifs is 1. The van der Waals surface area contributed by atoms with Crippen LogP contribution in [0.1, 0.15) is 60.6 Å². The van der Waals surface area contributed by atoms with Crippen molar-refractivity contribution >= 4 is 5.91 Å². The molecule has 1 amide bonds. The molecule has 2 heterocycles. The number of amides is 1. The van der Waals surface area contributed by atoms with E-state index in [1.807, 2.05) is 42.5 Å². The first-order chi connectivity index (χ1) is 14.3. The Morgan fingerprint density at radius 1 is 1.17 bits per heavy atom. The van der Waals surface area contributed by atoms with E-state index in [0.717, 1.165) is 35.4 Å². The fourth-order valence-corrected chi connectivity index (χ4v) is 4.21. The van der Waals surface area contributed by atoms with E-state index in [9.17, 15) is 9.59 Å². The van der Waals surface area contributed by atoms with Gasteiger partial charge in [-0.05, 0) is 49.4 Å². The lowest BCUT2D eigenvalue weighted by atomic mass is 9.86. The topological polar surface area (TPSA) is 101 Å². The fraction of sp³-hybridized carbons (Fsp3) is 0.333. The number of hydrogen-bond donors (Lipinski definition) is 3. The molecule has 0 aliphatic carbocycles. The molecule has 1 atom stereocenters. The molecular formula is C24H27N3O3. The van der Waals surface area contributed by atoms with Crippen molar-refractivity contribution in [2.75, 3.05) is 0 Å². The van der Waals surface area contributed by atoms with Crippen LogP contribution in [0, 0.1) is 0 Å². The lowest BCUT2D eigenvalue weighted by Gasteiger charge is -2.32. The zero-order valence-electron chi connectivity index (χ0n) is 17.3. The Kier molecular flexibility index (Phi) is 5.24. The molecule has 2 aromatic carbocycles. The number of rotatable bonds is 6. The number of nitrogens with one attached hydrogen (secondary N) is 2. The molecule has 0 fully saturated rings. The Hall–Kier alpha value is -3.28. The zero-order chi connectivity index (χ0) is 21.3. The van der Waals surface area contributed by atoms with Gasteiger partial charge in [0.05, 0.1) is 0 Å². The third-order valence-electron chi connectivity index (χ3n) is 5.74. The second kappa shape index (κ2) is 7.86. The highest BCUT2D eigenvalue weighted by Crippen LogP contribution is 2.34. The number of primary amides is 1. The largest absolute Gasteiger partial charge is 0.488 e. The van der Waals surface area contributed by atoms with Crippen molar-refractivity contribution in [1.82, 2.24) is 10.2 Å². The predicted octanol–water partition coefficient (Wildman–Crippen LogP) is 3.40. The van der Waals surface area contributed by atoms with Gasteiger partial charge in [-0.15, -0.1) is 0 Å². The predicted molar refractivity (Wildman–Crippen MR) is 116 cm³/mol. The monoisotopic (exact) mass is 405 g/mol. The van der Waals surface area contributed by atoms with Gasteiger partial charge < -0.3 is 15.6 Å². The first-order valence-electron chi connectivity index (χ1n) is 10.3. The first kappa shape index (κ1) is 20.0. The van der Waals surface area contributed by atoms with Gasteiger partial charge in [0.2, 0.25) is 5.91 Å². The van der Waals surface area contributed by atoms with E-state index >= 15 is 0 Å². The van der Waals surface area contributed by atoms with Gasteiger partial charge in [-0.25, -0.2) is 0 Å². The van der Waals surface area contributed by atoms with Gasteiger partial charge in [0.1, 0.15) is 11.4 Å². The van der Waals surface area contributed by atoms with Crippen LogP contribution in [0.25, 0.3) is 0 Å². The average Bonchev–Trinajstić information content (AvgIpc) is 3.06. The van der Waals surface area contributed by atoms with Crippen LogP contribution in [0.2, 0.25) is 0 Å². The number of H-pyrrole nitrogens is 2. The van der Waals surface area contributed by atoms with E-state index in [0.29, 0.717) is 12.0 Å². The van der Waals surface area contributed by atoms with Crippen LogP contribution in [0.4, 0.5) is 0 Å². The quantitative estimate of drug-likeness (QED) is 0.586. The number of carbonyl (C=O) groups excluding carboxylic acids is 1. The number of aromatic amines is 2. The van der Waals surface area contributed by atoms with E-state index in [1.54, 1.807) is 0 Å². The van der Waals surface area contributed by atoms with E-state index in [4.69, 9.17) is 10.5 Å². The molecule has 156 valence electrons. The number of aryl methyl sites for hydroxylation is 1. The number of carbonyl (C=O) groups is 1. The molecule has 0 unspecified atom stereocenters. The number of hydrogen-bond acceptors (Lipinski definition) is 3. The molecule has 30 heavy (non-hydrogen) atoms. The Morgan fingerprint density at radius 2 is 1.93 bits per heavy atom. The standard InChI is InChI=1S/C24H27N3O3/c1-24(2)11-10-17-12-15(8-9-20(17)30-24)13-19-22(23(29)27-26-19)18(14-21(25)28)16-6-4-3-5-7-16/h3-9,12,18H,10-11,13-14H2,1-2H3,(H2,25,28)(H2,26,27,29)/t18-/m1/s1. The molecule has 0 bridgehead atoms. The lowest BCUT2D eigenvalue weighted by molar-refractivity contribution is -0.118. The molecule has 6 nitrogen and oxygen atoms in total. The molecular weight excluding hydrogens is 378 g/mol. The third kappa shape index (κ3) is 4.17. The van der Waals surface area contributed by atoms with Crippen LogP contribution >= 0.6 is 0 Å². The summed E-state index contributed by atoms with van der Waals surface area (Å²) in [5.74, 6) is 0.0908. The summed E-state index contributed by atoms with van der Waals surface area (Å²) in [7, 11) is 0. The van der Waals surface area contributed by atoms with Crippen molar-refractivity contribution in [3.63, 3.8) is 0 Å². The minimum absolute atomic E-state index is 0.0745. The van der Waals surface area contributed by atoms with Crippen molar-refractivity contribution in [3.8, 4) is 5.75 Å². The molecule has 1 aliphatic heterocycles. The number of aromatic nitrogens is 2. The number of benzene rings is 2. The van der Waals surface area contributed by atoms with Gasteiger partial charge in [-0.3, -0.25) is 14.7 Å². The van der Waals surface area contributed by atoms with Gasteiger partial charge in [-0.2, -0.15) is 0 Å². The highest BCUT2D eigenvalue weighted by atomic mass is 16.5. The van der Waals surface area contributed by atoms with Gasteiger partial charge in [-0.1, -0.05) is 42.5 Å². The summed E-state index contributed by atoms with van der Waals surface area (Å²) in [6, 6.07) is 15.7.